The van der Waals surface area contributed by atoms with Gasteiger partial charge >= 0.3 is 0 Å². The van der Waals surface area contributed by atoms with E-state index in [0.717, 1.165) is 24.8 Å². The number of aldehydes is 1. The molecule has 2 heteroatoms. The molecular formula is C8H11NO. The van der Waals surface area contributed by atoms with Crippen LogP contribution < -0.4 is 5.73 Å². The molecule has 0 fully saturated rings. The maximum absolute atomic E-state index is 10.1. The lowest BCUT2D eigenvalue weighted by molar-refractivity contribution is -0.107. The molecule has 0 bridgehead atoms. The molecule has 0 aromatic heterocycles. The van der Waals surface area contributed by atoms with Gasteiger partial charge in [-0.05, 0) is 18.9 Å². The van der Waals surface area contributed by atoms with Crippen LogP contribution in [0.1, 0.15) is 19.3 Å². The maximum atomic E-state index is 10.1. The van der Waals surface area contributed by atoms with Crippen molar-refractivity contribution in [3.8, 4) is 0 Å². The molecule has 0 saturated heterocycles. The Kier molecular flexibility index (Phi) is 2.26. The predicted octanol–water partition coefficient (Wildman–Crippen LogP) is 1.14. The van der Waals surface area contributed by atoms with Crippen molar-refractivity contribution in [3.63, 3.8) is 0 Å². The van der Waals surface area contributed by atoms with E-state index in [0.29, 0.717) is 6.42 Å². The Morgan fingerprint density at radius 2 is 2.30 bits per heavy atom. The van der Waals surface area contributed by atoms with Crippen molar-refractivity contribution in [1.29, 1.82) is 0 Å². The SMILES string of the molecule is NC1=CC=C(CC=O)CC1. The highest BCUT2D eigenvalue weighted by atomic mass is 16.1. The quantitative estimate of drug-likeness (QED) is 0.580. The lowest BCUT2D eigenvalue weighted by Gasteiger charge is -2.08. The molecule has 0 aromatic carbocycles. The summed E-state index contributed by atoms with van der Waals surface area (Å²) in [5.41, 5.74) is 7.62. The first-order valence-corrected chi connectivity index (χ1v) is 3.40. The van der Waals surface area contributed by atoms with Gasteiger partial charge in [-0.1, -0.05) is 11.6 Å². The minimum Gasteiger partial charge on any atom is -0.402 e. The zero-order valence-electron chi connectivity index (χ0n) is 5.84. The van der Waals surface area contributed by atoms with Crippen molar-refractivity contribution in [2.45, 2.75) is 19.3 Å². The first kappa shape index (κ1) is 7.06. The summed E-state index contributed by atoms with van der Waals surface area (Å²) in [7, 11) is 0. The molecule has 0 aliphatic heterocycles. The van der Waals surface area contributed by atoms with Crippen LogP contribution in [0.4, 0.5) is 0 Å². The fourth-order valence-corrected chi connectivity index (χ4v) is 0.974. The zero-order valence-corrected chi connectivity index (χ0v) is 5.84. The standard InChI is InChI=1S/C8H11NO/c9-8-3-1-7(2-4-8)5-6-10/h1,3,6H,2,4-5,9H2. The van der Waals surface area contributed by atoms with Crippen LogP contribution in [-0.4, -0.2) is 6.29 Å². The van der Waals surface area contributed by atoms with Gasteiger partial charge in [-0.15, -0.1) is 0 Å². The summed E-state index contributed by atoms with van der Waals surface area (Å²) in [4.78, 5) is 10.1. The van der Waals surface area contributed by atoms with E-state index in [9.17, 15) is 4.79 Å². The summed E-state index contributed by atoms with van der Waals surface area (Å²) in [5.74, 6) is 0. The van der Waals surface area contributed by atoms with Crippen molar-refractivity contribution in [2.75, 3.05) is 0 Å². The van der Waals surface area contributed by atoms with Gasteiger partial charge in [0, 0.05) is 12.1 Å². The second-order valence-corrected chi connectivity index (χ2v) is 2.44. The predicted molar refractivity (Wildman–Crippen MR) is 40.3 cm³/mol. The molecule has 0 radical (unpaired) electrons. The Balaban J connectivity index is 2.55. The first-order valence-electron chi connectivity index (χ1n) is 3.40. The molecule has 1 rings (SSSR count). The molecule has 0 spiro atoms. The normalized spacial score (nSPS) is 17.6. The van der Waals surface area contributed by atoms with Gasteiger partial charge < -0.3 is 10.5 Å². The van der Waals surface area contributed by atoms with Crippen LogP contribution in [0.2, 0.25) is 0 Å². The van der Waals surface area contributed by atoms with Crippen molar-refractivity contribution in [2.24, 2.45) is 5.73 Å². The largest absolute Gasteiger partial charge is 0.402 e. The van der Waals surface area contributed by atoms with E-state index < -0.39 is 0 Å². The summed E-state index contributed by atoms with van der Waals surface area (Å²) in [6.07, 6.45) is 7.15. The van der Waals surface area contributed by atoms with Gasteiger partial charge in [0.1, 0.15) is 6.29 Å². The molecule has 2 N–H and O–H groups in total. The Bertz CT molecular complexity index is 191. The highest BCUT2D eigenvalue weighted by molar-refractivity contribution is 5.55. The van der Waals surface area contributed by atoms with Gasteiger partial charge in [-0.2, -0.15) is 0 Å². The maximum Gasteiger partial charge on any atom is 0.124 e. The van der Waals surface area contributed by atoms with Gasteiger partial charge in [0.05, 0.1) is 0 Å². The topological polar surface area (TPSA) is 43.1 Å². The molecule has 2 nitrogen and oxygen atoms in total. The molecule has 0 saturated carbocycles. The van der Waals surface area contributed by atoms with Crippen LogP contribution in [0, 0.1) is 0 Å². The Morgan fingerprint density at radius 1 is 1.50 bits per heavy atom. The zero-order chi connectivity index (χ0) is 7.40. The number of hydrogen-bond donors (Lipinski definition) is 1. The number of carbonyl (C=O) groups excluding carboxylic acids is 1. The van der Waals surface area contributed by atoms with E-state index in [1.54, 1.807) is 0 Å². The molecule has 0 unspecified atom stereocenters. The summed E-state index contributed by atoms with van der Waals surface area (Å²) in [5, 5.41) is 0. The average Bonchev–Trinajstić information content (AvgIpc) is 1.95. The smallest absolute Gasteiger partial charge is 0.124 e. The van der Waals surface area contributed by atoms with E-state index in [-0.39, 0.29) is 0 Å². The fourth-order valence-electron chi connectivity index (χ4n) is 0.974. The van der Waals surface area contributed by atoms with Crippen LogP contribution in [0.15, 0.2) is 23.4 Å². The van der Waals surface area contributed by atoms with Gasteiger partial charge in [0.2, 0.25) is 0 Å². The molecule has 0 aromatic rings. The number of rotatable bonds is 2. The minimum absolute atomic E-state index is 0.559. The third-order valence-electron chi connectivity index (χ3n) is 1.61. The lowest BCUT2D eigenvalue weighted by atomic mass is 10.0. The van der Waals surface area contributed by atoms with Crippen molar-refractivity contribution in [1.82, 2.24) is 0 Å². The first-order chi connectivity index (χ1) is 4.83. The van der Waals surface area contributed by atoms with Gasteiger partial charge in [-0.25, -0.2) is 0 Å². The van der Waals surface area contributed by atoms with Crippen molar-refractivity contribution >= 4 is 6.29 Å². The lowest BCUT2D eigenvalue weighted by Crippen LogP contribution is -2.01. The number of nitrogens with two attached hydrogens (primary N) is 1. The molecule has 0 atom stereocenters. The van der Waals surface area contributed by atoms with Crippen LogP contribution in [0.3, 0.4) is 0 Å². The second-order valence-electron chi connectivity index (χ2n) is 2.44. The van der Waals surface area contributed by atoms with E-state index >= 15 is 0 Å². The molecular weight excluding hydrogens is 126 g/mol. The van der Waals surface area contributed by atoms with Crippen LogP contribution in [0.25, 0.3) is 0 Å². The summed E-state index contributed by atoms with van der Waals surface area (Å²) < 4.78 is 0. The Labute approximate surface area is 60.4 Å². The van der Waals surface area contributed by atoms with Crippen LogP contribution in [-0.2, 0) is 4.79 Å². The highest BCUT2D eigenvalue weighted by Gasteiger charge is 2.01. The monoisotopic (exact) mass is 137 g/mol. The Morgan fingerprint density at radius 3 is 2.80 bits per heavy atom. The number of hydrogen-bond acceptors (Lipinski definition) is 2. The molecule has 1 aliphatic rings. The van der Waals surface area contributed by atoms with E-state index in [1.807, 2.05) is 12.2 Å². The van der Waals surface area contributed by atoms with Gasteiger partial charge in [0.25, 0.3) is 0 Å². The van der Waals surface area contributed by atoms with Crippen molar-refractivity contribution in [3.05, 3.63) is 23.4 Å². The van der Waals surface area contributed by atoms with E-state index in [2.05, 4.69) is 0 Å². The second kappa shape index (κ2) is 3.20. The Hall–Kier alpha value is -1.05. The van der Waals surface area contributed by atoms with Gasteiger partial charge in [0.15, 0.2) is 0 Å². The van der Waals surface area contributed by atoms with Crippen molar-refractivity contribution < 1.29 is 4.79 Å². The summed E-state index contributed by atoms with van der Waals surface area (Å²) >= 11 is 0. The molecule has 0 amide bonds. The van der Waals surface area contributed by atoms with E-state index in [4.69, 9.17) is 5.73 Å². The summed E-state index contributed by atoms with van der Waals surface area (Å²) in [6.45, 7) is 0. The third kappa shape index (κ3) is 1.72. The van der Waals surface area contributed by atoms with Gasteiger partial charge in [-0.3, -0.25) is 0 Å². The average molecular weight is 137 g/mol. The van der Waals surface area contributed by atoms with E-state index in [1.165, 1.54) is 5.57 Å². The third-order valence-corrected chi connectivity index (χ3v) is 1.61. The van der Waals surface area contributed by atoms with Crippen LogP contribution >= 0.6 is 0 Å². The molecule has 1 aliphatic carbocycles. The number of allylic oxidation sites excluding steroid dienone is 4. The number of carbonyl (C=O) groups is 1. The van der Waals surface area contributed by atoms with Crippen LogP contribution in [0.5, 0.6) is 0 Å². The molecule has 0 heterocycles. The fraction of sp³-hybridized carbons (Fsp3) is 0.375. The molecule has 54 valence electrons. The summed E-state index contributed by atoms with van der Waals surface area (Å²) in [6, 6.07) is 0. The highest BCUT2D eigenvalue weighted by Crippen LogP contribution is 2.16. The molecule has 10 heavy (non-hydrogen) atoms. The minimum atomic E-state index is 0.559.